The molecule has 48 heavy (non-hydrogen) atoms. The lowest BCUT2D eigenvalue weighted by Crippen LogP contribution is -2.15. The quantitative estimate of drug-likeness (QED) is 0.0504. The van der Waals surface area contributed by atoms with Gasteiger partial charge in [-0.3, -0.25) is 0 Å². The zero-order valence-corrected chi connectivity index (χ0v) is 38.5. The molecule has 0 aromatic heterocycles. The topological polar surface area (TPSA) is 55.4 Å². The second kappa shape index (κ2) is 29.2. The average molecular weight is 793 g/mol. The Morgan fingerprint density at radius 1 is 0.458 bits per heavy atom. The molecular weight excluding hydrogens is 718 g/mol. The van der Waals surface area contributed by atoms with Gasteiger partial charge in [0, 0.05) is 17.3 Å². The van der Waals surface area contributed by atoms with Gasteiger partial charge in [0.2, 0.25) is 22.7 Å². The van der Waals surface area contributed by atoms with Gasteiger partial charge in [-0.15, -0.1) is 0 Å². The Labute approximate surface area is 314 Å². The van der Waals surface area contributed by atoms with Crippen molar-refractivity contribution in [2.45, 2.75) is 179 Å². The van der Waals surface area contributed by atoms with Crippen LogP contribution < -0.4 is 0 Å². The molecule has 0 aliphatic carbocycles. The van der Waals surface area contributed by atoms with Gasteiger partial charge < -0.3 is 27.1 Å². The minimum absolute atomic E-state index is 0.00148. The summed E-state index contributed by atoms with van der Waals surface area (Å²) in [6.45, 7) is 37.2. The minimum atomic E-state index is -1.15. The van der Waals surface area contributed by atoms with E-state index in [4.69, 9.17) is 27.1 Å². The molecule has 0 saturated heterocycles. The van der Waals surface area contributed by atoms with Gasteiger partial charge in [0.25, 0.3) is 0 Å². The highest BCUT2D eigenvalue weighted by Crippen LogP contribution is 2.59. The zero-order chi connectivity index (χ0) is 36.8. The lowest BCUT2D eigenvalue weighted by atomic mass is 10.1. The highest BCUT2D eigenvalue weighted by molar-refractivity contribution is 8.53. The molecule has 0 bridgehead atoms. The fourth-order valence-electron chi connectivity index (χ4n) is 4.80. The predicted molar refractivity (Wildman–Crippen MR) is 223 cm³/mol. The maximum atomic E-state index is 6.64. The Bertz CT molecular complexity index is 710. The molecule has 0 saturated carbocycles. The third kappa shape index (κ3) is 29.3. The normalized spacial score (nSPS) is 18.2. The molecule has 6 nitrogen and oxygen atoms in total. The van der Waals surface area contributed by atoms with Crippen LogP contribution in [0.5, 0.6) is 0 Å². The maximum absolute atomic E-state index is 6.64. The molecule has 0 rings (SSSR count). The van der Waals surface area contributed by atoms with Crippen LogP contribution in [0.1, 0.15) is 142 Å². The molecule has 6 atom stereocenters. The molecule has 0 amide bonds. The average Bonchev–Trinajstić information content (AvgIpc) is 2.92. The Kier molecular flexibility index (Phi) is 30.3. The third-order valence-electron chi connectivity index (χ3n) is 6.79. The Morgan fingerprint density at radius 2 is 0.729 bits per heavy atom. The molecule has 0 aromatic rings. The van der Waals surface area contributed by atoms with E-state index >= 15 is 0 Å². The number of rotatable bonds is 31. The van der Waals surface area contributed by atoms with Crippen molar-refractivity contribution in [1.82, 2.24) is 0 Å². The molecule has 0 aliphatic heterocycles. The van der Waals surface area contributed by atoms with E-state index in [1.807, 2.05) is 0 Å². The summed E-state index contributed by atoms with van der Waals surface area (Å²) in [4.78, 5) is 0. The van der Waals surface area contributed by atoms with Crippen molar-refractivity contribution < 1.29 is 27.1 Å². The molecular formula is C36H75O6P3S3. The Hall–Kier alpha value is 1.84. The van der Waals surface area contributed by atoms with Gasteiger partial charge in [0.15, 0.2) is 0 Å². The van der Waals surface area contributed by atoms with E-state index in [-0.39, 0.29) is 36.6 Å². The highest BCUT2D eigenvalue weighted by atomic mass is 32.7. The van der Waals surface area contributed by atoms with Gasteiger partial charge in [-0.05, 0) is 104 Å². The fourth-order valence-corrected chi connectivity index (χ4v) is 15.6. The number of hydrogen-bond acceptors (Lipinski definition) is 9. The van der Waals surface area contributed by atoms with E-state index in [9.17, 15) is 0 Å². The first kappa shape index (κ1) is 49.8. The van der Waals surface area contributed by atoms with Gasteiger partial charge >= 0.3 is 0 Å². The van der Waals surface area contributed by atoms with E-state index < -0.39 is 22.7 Å². The first-order valence-corrected chi connectivity index (χ1v) is 26.7. The molecule has 0 aromatic carbocycles. The first-order valence-electron chi connectivity index (χ1n) is 18.4. The van der Waals surface area contributed by atoms with Crippen molar-refractivity contribution in [1.29, 1.82) is 0 Å². The van der Waals surface area contributed by atoms with Crippen molar-refractivity contribution in [2.75, 3.05) is 17.3 Å². The SMILES string of the molecule is C=C(CC)CCSP(OC(C)CSP(OC(C)CC(C)C)OC(C)CC(C)C)OC(C)CSP(OC(C)CC(C)C)OC(C)CC(C)C. The third-order valence-corrected chi connectivity index (χ3v) is 17.1. The van der Waals surface area contributed by atoms with Gasteiger partial charge in [-0.25, -0.2) is 0 Å². The fraction of sp³-hybridized carbons (Fsp3) is 0.944. The number of allylic oxidation sites excluding steroid dienone is 1. The van der Waals surface area contributed by atoms with Crippen molar-refractivity contribution >= 4 is 56.9 Å². The summed E-state index contributed by atoms with van der Waals surface area (Å²) in [5, 5.41) is 0. The highest BCUT2D eigenvalue weighted by Gasteiger charge is 2.26. The van der Waals surface area contributed by atoms with Crippen LogP contribution in [0.4, 0.5) is 0 Å². The summed E-state index contributed by atoms with van der Waals surface area (Å²) < 4.78 is 39.2. The smallest absolute Gasteiger partial charge is 0.238 e. The van der Waals surface area contributed by atoms with Crippen LogP contribution in [0.3, 0.4) is 0 Å². The van der Waals surface area contributed by atoms with Crippen LogP contribution in [0, 0.1) is 23.7 Å². The Morgan fingerprint density at radius 3 is 1.00 bits per heavy atom. The van der Waals surface area contributed by atoms with Gasteiger partial charge in [-0.1, -0.05) is 109 Å². The summed E-state index contributed by atoms with van der Waals surface area (Å²) in [5.74, 6) is 4.85. The van der Waals surface area contributed by atoms with Crippen LogP contribution in [-0.4, -0.2) is 53.9 Å². The van der Waals surface area contributed by atoms with Crippen molar-refractivity contribution in [3.05, 3.63) is 12.2 Å². The number of hydrogen-bond donors (Lipinski definition) is 0. The summed E-state index contributed by atoms with van der Waals surface area (Å²) >= 11 is 5.31. The van der Waals surface area contributed by atoms with Crippen LogP contribution in [0.15, 0.2) is 12.2 Å². The lowest BCUT2D eigenvalue weighted by Gasteiger charge is -2.28. The van der Waals surface area contributed by atoms with Gasteiger partial charge in [0.1, 0.15) is 0 Å². The Balaban J connectivity index is 5.45. The second-order valence-corrected chi connectivity index (χ2v) is 24.4. The van der Waals surface area contributed by atoms with E-state index in [0.29, 0.717) is 23.7 Å². The minimum Gasteiger partial charge on any atom is -0.323 e. The monoisotopic (exact) mass is 792 g/mol. The lowest BCUT2D eigenvalue weighted by molar-refractivity contribution is 0.144. The predicted octanol–water partition coefficient (Wildman–Crippen LogP) is 14.8. The van der Waals surface area contributed by atoms with E-state index in [0.717, 1.165) is 55.8 Å². The molecule has 0 spiro atoms. The molecule has 0 N–H and O–H groups in total. The van der Waals surface area contributed by atoms with Crippen molar-refractivity contribution in [2.24, 2.45) is 23.7 Å². The van der Waals surface area contributed by atoms with Gasteiger partial charge in [-0.2, -0.15) is 0 Å². The summed E-state index contributed by atoms with van der Waals surface area (Å²) in [5.41, 5.74) is 1.27. The molecule has 0 fully saturated rings. The molecule has 288 valence electrons. The maximum Gasteiger partial charge on any atom is 0.238 e. The van der Waals surface area contributed by atoms with Crippen LogP contribution in [0.25, 0.3) is 0 Å². The molecule has 6 unspecified atom stereocenters. The van der Waals surface area contributed by atoms with Crippen LogP contribution in [-0.2, 0) is 27.1 Å². The molecule has 12 heteroatoms. The summed E-state index contributed by atoms with van der Waals surface area (Å²) in [6.07, 6.45) is 6.70. The van der Waals surface area contributed by atoms with Gasteiger partial charge in [0.05, 0.1) is 36.6 Å². The van der Waals surface area contributed by atoms with Crippen LogP contribution in [0.2, 0.25) is 0 Å². The second-order valence-electron chi connectivity index (χ2n) is 15.0. The van der Waals surface area contributed by atoms with Crippen molar-refractivity contribution in [3.63, 3.8) is 0 Å². The molecule has 0 heterocycles. The van der Waals surface area contributed by atoms with Crippen molar-refractivity contribution in [3.8, 4) is 0 Å². The van der Waals surface area contributed by atoms with Crippen LogP contribution >= 0.6 is 56.9 Å². The summed E-state index contributed by atoms with van der Waals surface area (Å²) in [6, 6.07) is 0. The first-order chi connectivity index (χ1) is 22.4. The van der Waals surface area contributed by atoms with E-state index in [2.05, 4.69) is 110 Å². The summed E-state index contributed by atoms with van der Waals surface area (Å²) in [7, 11) is -3.31. The molecule has 0 radical (unpaired) electrons. The zero-order valence-electron chi connectivity index (χ0n) is 33.4. The standard InChI is InChI=1S/C36H75O6P3S3/c1-17-30(10)18-19-46-43(41-35(15)24-47-44(37-31(11)20-26(2)3)38-32(12)21-27(4)5)42-36(16)25-48-45(39-33(13)22-28(6)7)40-34(14)23-29(8)9/h26-29,31-36H,10,17-25H2,1-9,11-16H3. The van der Waals surface area contributed by atoms with E-state index in [1.165, 1.54) is 5.57 Å². The molecule has 0 aliphatic rings. The van der Waals surface area contributed by atoms with E-state index in [1.54, 1.807) is 34.1 Å². The largest absolute Gasteiger partial charge is 0.323 e.